The number of amides is 1. The second-order valence-electron chi connectivity index (χ2n) is 6.81. The van der Waals surface area contributed by atoms with Crippen LogP contribution < -0.4 is 5.32 Å². The lowest BCUT2D eigenvalue weighted by Crippen LogP contribution is -2.14. The largest absolute Gasteiger partial charge is 0.451 e. The number of benzene rings is 3. The van der Waals surface area contributed by atoms with Gasteiger partial charge >= 0.3 is 0 Å². The van der Waals surface area contributed by atoms with Crippen LogP contribution >= 0.6 is 11.6 Å². The monoisotopic (exact) mass is 446 g/mol. The normalized spacial score (nSPS) is 10.5. The minimum atomic E-state index is -0.578. The average molecular weight is 447 g/mol. The van der Waals surface area contributed by atoms with E-state index in [9.17, 15) is 19.7 Å². The van der Waals surface area contributed by atoms with Crippen LogP contribution in [0.3, 0.4) is 0 Å². The predicted octanol–water partition coefficient (Wildman–Crippen LogP) is 5.99. The number of nitro benzene ring substituents is 1. The van der Waals surface area contributed by atoms with E-state index in [1.807, 2.05) is 0 Å². The lowest BCUT2D eigenvalue weighted by molar-refractivity contribution is -0.384. The molecule has 0 saturated carbocycles. The average Bonchev–Trinajstić information content (AvgIpc) is 3.31. The molecule has 158 valence electrons. The van der Waals surface area contributed by atoms with Gasteiger partial charge < -0.3 is 9.73 Å². The van der Waals surface area contributed by atoms with Gasteiger partial charge in [0.15, 0.2) is 11.5 Å². The molecule has 1 aromatic heterocycles. The van der Waals surface area contributed by atoms with E-state index in [2.05, 4.69) is 5.32 Å². The van der Waals surface area contributed by atoms with E-state index in [1.54, 1.807) is 54.6 Å². The molecule has 0 atom stereocenters. The van der Waals surface area contributed by atoms with Gasteiger partial charge in [0.25, 0.3) is 11.6 Å². The molecule has 32 heavy (non-hydrogen) atoms. The maximum Gasteiger partial charge on any atom is 0.291 e. The lowest BCUT2D eigenvalue weighted by Gasteiger charge is -2.10. The zero-order chi connectivity index (χ0) is 22.7. The summed E-state index contributed by atoms with van der Waals surface area (Å²) in [5.74, 6) is -0.582. The number of nitrogens with one attached hydrogen (secondary N) is 1. The minimum Gasteiger partial charge on any atom is -0.451 e. The summed E-state index contributed by atoms with van der Waals surface area (Å²) in [6.45, 7) is 0. The van der Waals surface area contributed by atoms with Gasteiger partial charge in [0.2, 0.25) is 0 Å². The first kappa shape index (κ1) is 21.0. The Bertz CT molecular complexity index is 1330. The van der Waals surface area contributed by atoms with Crippen LogP contribution in [-0.4, -0.2) is 16.6 Å². The van der Waals surface area contributed by atoms with Crippen LogP contribution in [0.5, 0.6) is 0 Å². The Kier molecular flexibility index (Phi) is 5.83. The summed E-state index contributed by atoms with van der Waals surface area (Å²) in [4.78, 5) is 36.2. The van der Waals surface area contributed by atoms with Gasteiger partial charge in [-0.15, -0.1) is 0 Å². The number of hydrogen-bond donors (Lipinski definition) is 1. The lowest BCUT2D eigenvalue weighted by atomic mass is 10.0. The molecule has 7 nitrogen and oxygen atoms in total. The number of halogens is 1. The topological polar surface area (TPSA) is 102 Å². The molecular weight excluding hydrogens is 432 g/mol. The van der Waals surface area contributed by atoms with Gasteiger partial charge in [0.05, 0.1) is 10.6 Å². The maximum absolute atomic E-state index is 12.9. The third-order valence-electron chi connectivity index (χ3n) is 4.68. The number of carbonyl (C=O) groups excluding carboxylic acids is 2. The highest BCUT2D eigenvalue weighted by Crippen LogP contribution is 2.28. The minimum absolute atomic E-state index is 0.0143. The summed E-state index contributed by atoms with van der Waals surface area (Å²) in [7, 11) is 0. The number of anilines is 1. The molecule has 8 heteroatoms. The van der Waals surface area contributed by atoms with Crippen LogP contribution in [0.25, 0.3) is 11.3 Å². The van der Waals surface area contributed by atoms with Crippen LogP contribution in [0.1, 0.15) is 26.5 Å². The van der Waals surface area contributed by atoms with Crippen LogP contribution in [0.4, 0.5) is 11.4 Å². The van der Waals surface area contributed by atoms with Crippen molar-refractivity contribution in [1.82, 2.24) is 0 Å². The first-order valence-corrected chi connectivity index (χ1v) is 9.85. The van der Waals surface area contributed by atoms with Crippen molar-refractivity contribution in [2.24, 2.45) is 0 Å². The number of nitrogens with zero attached hydrogens (tertiary/aromatic N) is 1. The van der Waals surface area contributed by atoms with Crippen LogP contribution in [0.2, 0.25) is 5.02 Å². The third kappa shape index (κ3) is 4.43. The van der Waals surface area contributed by atoms with Crippen LogP contribution in [0, 0.1) is 10.1 Å². The van der Waals surface area contributed by atoms with Crippen molar-refractivity contribution < 1.29 is 18.9 Å². The second-order valence-corrected chi connectivity index (χ2v) is 7.25. The molecule has 0 unspecified atom stereocenters. The molecule has 1 heterocycles. The van der Waals surface area contributed by atoms with Gasteiger partial charge in [-0.1, -0.05) is 54.1 Å². The Hall–Kier alpha value is -4.23. The highest BCUT2D eigenvalue weighted by molar-refractivity contribution is 6.31. The van der Waals surface area contributed by atoms with Crippen LogP contribution in [-0.2, 0) is 0 Å². The molecule has 1 amide bonds. The van der Waals surface area contributed by atoms with Gasteiger partial charge in [-0.3, -0.25) is 19.7 Å². The Morgan fingerprint density at radius 1 is 0.906 bits per heavy atom. The molecule has 0 saturated heterocycles. The van der Waals surface area contributed by atoms with Crippen molar-refractivity contribution in [3.63, 3.8) is 0 Å². The number of nitro groups is 1. The second kappa shape index (κ2) is 8.87. The SMILES string of the molecule is O=C(Nc1ccc(Cl)cc1C(=O)c1ccccc1)c1ccc(-c2cccc([N+](=O)[O-])c2)o1. The summed E-state index contributed by atoms with van der Waals surface area (Å²) in [6, 6.07) is 22.1. The molecule has 3 aromatic carbocycles. The fraction of sp³-hybridized carbons (Fsp3) is 0. The van der Waals surface area contributed by atoms with Gasteiger partial charge in [-0.2, -0.15) is 0 Å². The van der Waals surface area contributed by atoms with Crippen molar-refractivity contribution in [2.45, 2.75) is 0 Å². The van der Waals surface area contributed by atoms with E-state index in [4.69, 9.17) is 16.0 Å². The smallest absolute Gasteiger partial charge is 0.291 e. The molecule has 0 fully saturated rings. The van der Waals surface area contributed by atoms with E-state index in [0.29, 0.717) is 21.9 Å². The molecule has 4 aromatic rings. The number of furan rings is 1. The van der Waals surface area contributed by atoms with E-state index >= 15 is 0 Å². The number of ketones is 1. The Labute approximate surface area is 187 Å². The van der Waals surface area contributed by atoms with E-state index < -0.39 is 10.8 Å². The fourth-order valence-corrected chi connectivity index (χ4v) is 3.30. The molecule has 0 bridgehead atoms. The van der Waals surface area contributed by atoms with E-state index in [-0.39, 0.29) is 28.5 Å². The summed E-state index contributed by atoms with van der Waals surface area (Å²) in [5.41, 5.74) is 1.35. The van der Waals surface area contributed by atoms with Crippen molar-refractivity contribution in [3.05, 3.63) is 117 Å². The van der Waals surface area contributed by atoms with Crippen molar-refractivity contribution >= 4 is 34.7 Å². The van der Waals surface area contributed by atoms with E-state index in [1.165, 1.54) is 30.3 Å². The molecule has 0 aliphatic carbocycles. The molecule has 0 aliphatic rings. The van der Waals surface area contributed by atoms with Gasteiger partial charge in [-0.05, 0) is 30.3 Å². The molecule has 0 radical (unpaired) electrons. The number of rotatable bonds is 6. The highest BCUT2D eigenvalue weighted by Gasteiger charge is 2.19. The quantitative estimate of drug-likeness (QED) is 0.222. The standard InChI is InChI=1S/C24H15ClN2O5/c25-17-9-10-20(19(14-17)23(28)15-5-2-1-3-6-15)26-24(29)22-12-11-21(32-22)16-7-4-8-18(13-16)27(30)31/h1-14H,(H,26,29). The summed E-state index contributed by atoms with van der Waals surface area (Å²) >= 11 is 6.08. The Morgan fingerprint density at radius 3 is 2.44 bits per heavy atom. The van der Waals surface area contributed by atoms with Crippen molar-refractivity contribution in [2.75, 3.05) is 5.32 Å². The third-order valence-corrected chi connectivity index (χ3v) is 4.92. The molecular formula is C24H15ClN2O5. The van der Waals surface area contributed by atoms with E-state index in [0.717, 1.165) is 0 Å². The summed E-state index contributed by atoms with van der Waals surface area (Å²) < 4.78 is 5.60. The molecule has 4 rings (SSSR count). The number of non-ortho nitro benzene ring substituents is 1. The summed E-state index contributed by atoms with van der Waals surface area (Å²) in [6.07, 6.45) is 0. The van der Waals surface area contributed by atoms with Crippen molar-refractivity contribution in [3.8, 4) is 11.3 Å². The first-order valence-electron chi connectivity index (χ1n) is 9.48. The van der Waals surface area contributed by atoms with Crippen molar-refractivity contribution in [1.29, 1.82) is 0 Å². The molecule has 1 N–H and O–H groups in total. The van der Waals surface area contributed by atoms with Gasteiger partial charge in [0.1, 0.15) is 5.76 Å². The number of carbonyl (C=O) groups is 2. The highest BCUT2D eigenvalue weighted by atomic mass is 35.5. The maximum atomic E-state index is 12.9. The van der Waals surface area contributed by atoms with Gasteiger partial charge in [0, 0.05) is 33.8 Å². The first-order chi connectivity index (χ1) is 15.4. The predicted molar refractivity (Wildman–Crippen MR) is 120 cm³/mol. The number of hydrogen-bond acceptors (Lipinski definition) is 5. The fourth-order valence-electron chi connectivity index (χ4n) is 3.13. The molecule has 0 aliphatic heterocycles. The Balaban J connectivity index is 1.60. The van der Waals surface area contributed by atoms with Gasteiger partial charge in [-0.25, -0.2) is 0 Å². The zero-order valence-electron chi connectivity index (χ0n) is 16.4. The zero-order valence-corrected chi connectivity index (χ0v) is 17.2. The van der Waals surface area contributed by atoms with Crippen LogP contribution in [0.15, 0.2) is 89.3 Å². The summed E-state index contributed by atoms with van der Waals surface area (Å²) in [5, 5.41) is 14.0. The molecule has 0 spiro atoms. The Morgan fingerprint density at radius 2 is 1.69 bits per heavy atom.